The van der Waals surface area contributed by atoms with Crippen LogP contribution in [0.1, 0.15) is 11.1 Å². The zero-order chi connectivity index (χ0) is 18.4. The minimum absolute atomic E-state index is 0.217. The summed E-state index contributed by atoms with van der Waals surface area (Å²) in [6, 6.07) is 5.51. The van der Waals surface area contributed by atoms with E-state index in [1.54, 1.807) is 12.1 Å². The average Bonchev–Trinajstić information content (AvgIpc) is 2.51. The van der Waals surface area contributed by atoms with Crippen LogP contribution in [0.2, 0.25) is 0 Å². The molecule has 0 bridgehead atoms. The molecule has 1 heterocycles. The fourth-order valence-corrected chi connectivity index (χ4v) is 3.70. The second-order valence-corrected chi connectivity index (χ2v) is 8.33. The maximum absolute atomic E-state index is 12.2. The number of rotatable bonds is 7. The predicted octanol–water partition coefficient (Wildman–Crippen LogP) is 0.518. The summed E-state index contributed by atoms with van der Waals surface area (Å²) in [6.07, 6.45) is 1.12. The number of ether oxygens (including phenoxy) is 1. The maximum atomic E-state index is 12.2. The predicted molar refractivity (Wildman–Crippen MR) is 98.4 cm³/mol. The molecular formula is C17H27N3O4S. The highest BCUT2D eigenvalue weighted by Gasteiger charge is 2.21. The van der Waals surface area contributed by atoms with Gasteiger partial charge in [-0.05, 0) is 37.1 Å². The van der Waals surface area contributed by atoms with Gasteiger partial charge in [0, 0.05) is 26.2 Å². The van der Waals surface area contributed by atoms with Gasteiger partial charge in [0.25, 0.3) is 0 Å². The number of hydrogen-bond acceptors (Lipinski definition) is 5. The molecule has 0 atom stereocenters. The fraction of sp³-hybridized carbons (Fsp3) is 0.588. The van der Waals surface area contributed by atoms with E-state index in [0.717, 1.165) is 41.3 Å². The molecule has 2 rings (SSSR count). The van der Waals surface area contributed by atoms with Crippen molar-refractivity contribution < 1.29 is 17.9 Å². The van der Waals surface area contributed by atoms with Gasteiger partial charge in [-0.15, -0.1) is 0 Å². The molecule has 1 aliphatic rings. The van der Waals surface area contributed by atoms with Crippen LogP contribution in [0.5, 0.6) is 0 Å². The molecule has 1 aromatic carbocycles. The van der Waals surface area contributed by atoms with E-state index in [4.69, 9.17) is 4.74 Å². The van der Waals surface area contributed by atoms with E-state index in [1.165, 1.54) is 0 Å². The highest BCUT2D eigenvalue weighted by Crippen LogP contribution is 2.21. The minimum Gasteiger partial charge on any atom is -0.379 e. The first kappa shape index (κ1) is 19.7. The van der Waals surface area contributed by atoms with Crippen LogP contribution in [-0.2, 0) is 19.6 Å². The van der Waals surface area contributed by atoms with Crippen molar-refractivity contribution in [1.29, 1.82) is 0 Å². The van der Waals surface area contributed by atoms with E-state index >= 15 is 0 Å². The van der Waals surface area contributed by atoms with Crippen LogP contribution in [-0.4, -0.2) is 71.4 Å². The standard InChI is InChI=1S/C17H27N3O4S/c1-14-10-15(2)12-16(11-14)20(25(3,22)23)13-17(21)18-4-5-19-6-8-24-9-7-19/h10-12H,4-9,13H2,1-3H3,(H,18,21). The Morgan fingerprint density at radius 3 is 2.36 bits per heavy atom. The Bertz CT molecular complexity index is 680. The van der Waals surface area contributed by atoms with Crippen LogP contribution >= 0.6 is 0 Å². The Hall–Kier alpha value is -1.64. The molecule has 25 heavy (non-hydrogen) atoms. The second kappa shape index (κ2) is 8.64. The van der Waals surface area contributed by atoms with Crippen molar-refractivity contribution >= 4 is 21.6 Å². The molecule has 7 nitrogen and oxygen atoms in total. The van der Waals surface area contributed by atoms with Gasteiger partial charge >= 0.3 is 0 Å². The van der Waals surface area contributed by atoms with Gasteiger partial charge in [-0.3, -0.25) is 14.0 Å². The Balaban J connectivity index is 1.96. The number of nitrogens with zero attached hydrogens (tertiary/aromatic N) is 2. The van der Waals surface area contributed by atoms with Crippen molar-refractivity contribution in [3.05, 3.63) is 29.3 Å². The van der Waals surface area contributed by atoms with E-state index in [2.05, 4.69) is 10.2 Å². The SMILES string of the molecule is Cc1cc(C)cc(N(CC(=O)NCCN2CCOCC2)S(C)(=O)=O)c1. The van der Waals surface area contributed by atoms with Crippen LogP contribution < -0.4 is 9.62 Å². The van der Waals surface area contributed by atoms with Crippen LogP contribution in [0, 0.1) is 13.8 Å². The first-order chi connectivity index (χ1) is 11.8. The smallest absolute Gasteiger partial charge is 0.240 e. The zero-order valence-corrected chi connectivity index (χ0v) is 15.9. The minimum atomic E-state index is -3.55. The highest BCUT2D eigenvalue weighted by molar-refractivity contribution is 7.92. The average molecular weight is 369 g/mol. The monoisotopic (exact) mass is 369 g/mol. The Morgan fingerprint density at radius 2 is 1.80 bits per heavy atom. The topological polar surface area (TPSA) is 79.0 Å². The first-order valence-electron chi connectivity index (χ1n) is 8.38. The largest absolute Gasteiger partial charge is 0.379 e. The van der Waals surface area contributed by atoms with Gasteiger partial charge in [0.1, 0.15) is 6.54 Å². The lowest BCUT2D eigenvalue weighted by Gasteiger charge is -2.27. The normalized spacial score (nSPS) is 15.8. The van der Waals surface area contributed by atoms with E-state index < -0.39 is 10.0 Å². The zero-order valence-electron chi connectivity index (χ0n) is 15.1. The summed E-state index contributed by atoms with van der Waals surface area (Å²) in [7, 11) is -3.55. The molecule has 1 fully saturated rings. The van der Waals surface area contributed by atoms with Crippen LogP contribution in [0.4, 0.5) is 5.69 Å². The molecule has 0 aromatic heterocycles. The second-order valence-electron chi connectivity index (χ2n) is 6.42. The molecule has 1 aliphatic heterocycles. The summed E-state index contributed by atoms with van der Waals surface area (Å²) >= 11 is 0. The van der Waals surface area contributed by atoms with Gasteiger partial charge in [-0.25, -0.2) is 8.42 Å². The summed E-state index contributed by atoms with van der Waals surface area (Å²) < 4.78 is 30.7. The number of carbonyl (C=O) groups is 1. The van der Waals surface area contributed by atoms with Crippen molar-refractivity contribution in [1.82, 2.24) is 10.2 Å². The van der Waals surface area contributed by atoms with Gasteiger partial charge in [-0.1, -0.05) is 6.07 Å². The van der Waals surface area contributed by atoms with Crippen molar-refractivity contribution in [3.63, 3.8) is 0 Å². The molecule has 1 N–H and O–H groups in total. The molecule has 0 radical (unpaired) electrons. The van der Waals surface area contributed by atoms with Crippen LogP contribution in [0.3, 0.4) is 0 Å². The van der Waals surface area contributed by atoms with Gasteiger partial charge < -0.3 is 10.1 Å². The lowest BCUT2D eigenvalue weighted by Crippen LogP contribution is -2.44. The molecule has 0 aliphatic carbocycles. The summed E-state index contributed by atoms with van der Waals surface area (Å²) in [4.78, 5) is 14.4. The lowest BCUT2D eigenvalue weighted by molar-refractivity contribution is -0.119. The van der Waals surface area contributed by atoms with Crippen molar-refractivity contribution in [2.24, 2.45) is 0 Å². The summed E-state index contributed by atoms with van der Waals surface area (Å²) in [5.74, 6) is -0.308. The third-order valence-electron chi connectivity index (χ3n) is 4.04. The maximum Gasteiger partial charge on any atom is 0.240 e. The third-order valence-corrected chi connectivity index (χ3v) is 5.18. The van der Waals surface area contributed by atoms with Gasteiger partial charge in [0.2, 0.25) is 15.9 Å². The van der Waals surface area contributed by atoms with E-state index in [0.29, 0.717) is 25.4 Å². The molecule has 0 unspecified atom stereocenters. The number of carbonyl (C=O) groups excluding carboxylic acids is 1. The molecule has 0 spiro atoms. The van der Waals surface area contributed by atoms with Crippen molar-refractivity contribution in [3.8, 4) is 0 Å². The molecule has 1 aromatic rings. The number of aryl methyl sites for hydroxylation is 2. The van der Waals surface area contributed by atoms with E-state index in [-0.39, 0.29) is 12.5 Å². The molecule has 0 saturated carbocycles. The molecule has 140 valence electrons. The molecular weight excluding hydrogens is 342 g/mol. The van der Waals surface area contributed by atoms with Crippen molar-refractivity contribution in [2.45, 2.75) is 13.8 Å². The molecule has 1 saturated heterocycles. The number of amides is 1. The number of sulfonamides is 1. The van der Waals surface area contributed by atoms with Crippen molar-refractivity contribution in [2.75, 3.05) is 56.5 Å². The number of nitrogens with one attached hydrogen (secondary N) is 1. The quantitative estimate of drug-likeness (QED) is 0.758. The summed E-state index contributed by atoms with van der Waals surface area (Å²) in [6.45, 7) is 7.94. The summed E-state index contributed by atoms with van der Waals surface area (Å²) in [5, 5.41) is 2.80. The van der Waals surface area contributed by atoms with Gasteiger partial charge in [-0.2, -0.15) is 0 Å². The van der Waals surface area contributed by atoms with E-state index in [1.807, 2.05) is 19.9 Å². The Morgan fingerprint density at radius 1 is 1.20 bits per heavy atom. The third kappa shape index (κ3) is 6.30. The van der Waals surface area contributed by atoms with Gasteiger partial charge in [0.05, 0.1) is 25.2 Å². The molecule has 8 heteroatoms. The fourth-order valence-electron chi connectivity index (χ4n) is 2.86. The number of hydrogen-bond donors (Lipinski definition) is 1. The number of anilines is 1. The summed E-state index contributed by atoms with van der Waals surface area (Å²) in [5.41, 5.74) is 2.43. The number of benzene rings is 1. The number of morpholine rings is 1. The first-order valence-corrected chi connectivity index (χ1v) is 10.2. The van der Waals surface area contributed by atoms with E-state index in [9.17, 15) is 13.2 Å². The Kier molecular flexibility index (Phi) is 6.80. The highest BCUT2D eigenvalue weighted by atomic mass is 32.2. The van der Waals surface area contributed by atoms with Crippen LogP contribution in [0.15, 0.2) is 18.2 Å². The Labute approximate surface area is 150 Å². The van der Waals surface area contributed by atoms with Gasteiger partial charge in [0.15, 0.2) is 0 Å². The molecule has 1 amide bonds. The van der Waals surface area contributed by atoms with Crippen LogP contribution in [0.25, 0.3) is 0 Å². The lowest BCUT2D eigenvalue weighted by atomic mass is 10.1.